The number of aliphatic hydroxyl groups is 1. The van der Waals surface area contributed by atoms with Crippen LogP contribution in [0.15, 0.2) is 77.5 Å². The van der Waals surface area contributed by atoms with Crippen LogP contribution < -0.4 is 0 Å². The van der Waals surface area contributed by atoms with Gasteiger partial charge in [0.1, 0.15) is 0 Å². The molecule has 1 atom stereocenters. The van der Waals surface area contributed by atoms with Crippen LogP contribution in [-0.4, -0.2) is 20.7 Å². The number of hydrogen-bond donors (Lipinski definition) is 2. The molecule has 6 heteroatoms. The van der Waals surface area contributed by atoms with Crippen molar-refractivity contribution in [2.24, 2.45) is 10.2 Å². The van der Waals surface area contributed by atoms with Crippen molar-refractivity contribution >= 4 is 22.5 Å². The van der Waals surface area contributed by atoms with Crippen LogP contribution in [0.4, 0.5) is 5.69 Å². The van der Waals surface area contributed by atoms with Gasteiger partial charge in [-0.05, 0) is 11.6 Å². The first kappa shape index (κ1) is 16.6. The third-order valence-corrected chi connectivity index (χ3v) is 3.83. The molecule has 3 aromatic rings. The molecule has 0 saturated carbocycles. The van der Waals surface area contributed by atoms with Crippen LogP contribution in [0.25, 0.3) is 10.9 Å². The Morgan fingerprint density at radius 3 is 2.56 bits per heavy atom. The zero-order valence-corrected chi connectivity index (χ0v) is 13.4. The standard InChI is InChI=1S/C19H17N3O3/c1-2-12-22-15-11-7-6-10-14(15)16(19(22)25)20-21-18(24)17(23)13-8-4-3-5-9-13/h2-11,17,23,25H,1,12H2. The minimum Gasteiger partial charge on any atom is -0.493 e. The molecule has 1 amide bonds. The van der Waals surface area contributed by atoms with Gasteiger partial charge in [0.2, 0.25) is 5.88 Å². The number of hydrogen-bond acceptors (Lipinski definition) is 4. The summed E-state index contributed by atoms with van der Waals surface area (Å²) in [6.07, 6.45) is 0.255. The zero-order chi connectivity index (χ0) is 17.8. The number of aromatic hydroxyl groups is 1. The molecule has 126 valence electrons. The molecular formula is C19H17N3O3. The molecule has 3 rings (SSSR count). The lowest BCUT2D eigenvalue weighted by Crippen LogP contribution is -2.08. The van der Waals surface area contributed by atoms with E-state index in [0.717, 1.165) is 5.52 Å². The van der Waals surface area contributed by atoms with Crippen molar-refractivity contribution in [1.29, 1.82) is 0 Å². The van der Waals surface area contributed by atoms with Crippen molar-refractivity contribution in [3.8, 4) is 5.88 Å². The second kappa shape index (κ2) is 7.11. The number of benzene rings is 2. The number of azo groups is 1. The van der Waals surface area contributed by atoms with E-state index >= 15 is 0 Å². The fourth-order valence-electron chi connectivity index (χ4n) is 2.62. The molecule has 0 radical (unpaired) electrons. The van der Waals surface area contributed by atoms with Crippen molar-refractivity contribution < 1.29 is 15.0 Å². The van der Waals surface area contributed by atoms with Gasteiger partial charge in [-0.2, -0.15) is 0 Å². The number of aromatic nitrogens is 1. The first-order valence-electron chi connectivity index (χ1n) is 7.73. The van der Waals surface area contributed by atoms with Crippen molar-refractivity contribution in [3.05, 3.63) is 72.8 Å². The Hall–Kier alpha value is -3.25. The predicted octanol–water partition coefficient (Wildman–Crippen LogP) is 3.88. The van der Waals surface area contributed by atoms with Gasteiger partial charge < -0.3 is 14.8 Å². The number of rotatable bonds is 5. The largest absolute Gasteiger partial charge is 0.493 e. The molecule has 2 N–H and O–H groups in total. The van der Waals surface area contributed by atoms with E-state index in [1.165, 1.54) is 0 Å². The molecular weight excluding hydrogens is 318 g/mol. The lowest BCUT2D eigenvalue weighted by Gasteiger charge is -2.05. The van der Waals surface area contributed by atoms with Crippen molar-refractivity contribution in [1.82, 2.24) is 4.57 Å². The van der Waals surface area contributed by atoms with Gasteiger partial charge >= 0.3 is 0 Å². The fourth-order valence-corrected chi connectivity index (χ4v) is 2.62. The summed E-state index contributed by atoms with van der Waals surface area (Å²) in [5.41, 5.74) is 1.38. The van der Waals surface area contributed by atoms with E-state index in [0.29, 0.717) is 17.5 Å². The number of carbonyl (C=O) groups is 1. The van der Waals surface area contributed by atoms with Gasteiger partial charge in [0.15, 0.2) is 11.8 Å². The van der Waals surface area contributed by atoms with Gasteiger partial charge in [0.25, 0.3) is 5.91 Å². The number of nitrogens with zero attached hydrogens (tertiary/aromatic N) is 3. The average Bonchev–Trinajstić information content (AvgIpc) is 2.92. The molecule has 0 fully saturated rings. The smallest absolute Gasteiger partial charge is 0.297 e. The Labute approximate surface area is 144 Å². The number of allylic oxidation sites excluding steroid dienone is 1. The maximum atomic E-state index is 12.1. The Bertz CT molecular complexity index is 945. The van der Waals surface area contributed by atoms with Crippen LogP contribution in [0.1, 0.15) is 11.7 Å². The summed E-state index contributed by atoms with van der Waals surface area (Å²) < 4.78 is 1.62. The average molecular weight is 335 g/mol. The quantitative estimate of drug-likeness (QED) is 0.548. The third-order valence-electron chi connectivity index (χ3n) is 3.83. The summed E-state index contributed by atoms with van der Waals surface area (Å²) in [6, 6.07) is 15.7. The highest BCUT2D eigenvalue weighted by atomic mass is 16.3. The van der Waals surface area contributed by atoms with E-state index in [1.54, 1.807) is 53.1 Å². The Kier molecular flexibility index (Phi) is 4.72. The number of carbonyl (C=O) groups excluding carboxylic acids is 1. The summed E-state index contributed by atoms with van der Waals surface area (Å²) in [6.45, 7) is 4.06. The van der Waals surface area contributed by atoms with E-state index in [-0.39, 0.29) is 11.6 Å². The fraction of sp³-hybridized carbons (Fsp3) is 0.105. The molecule has 0 aliphatic carbocycles. The Balaban J connectivity index is 1.95. The minimum atomic E-state index is -1.39. The highest BCUT2D eigenvalue weighted by molar-refractivity contribution is 5.95. The summed E-state index contributed by atoms with van der Waals surface area (Å²) in [5.74, 6) is -0.905. The molecule has 1 aromatic heterocycles. The molecule has 25 heavy (non-hydrogen) atoms. The second-order valence-corrected chi connectivity index (χ2v) is 5.44. The van der Waals surface area contributed by atoms with Gasteiger partial charge in [0, 0.05) is 11.9 Å². The SMILES string of the molecule is C=CCn1c(O)c(N=NC(=O)C(O)c2ccccc2)c2ccccc21. The molecule has 0 bridgehead atoms. The summed E-state index contributed by atoms with van der Waals surface area (Å²) >= 11 is 0. The molecule has 0 aliphatic rings. The molecule has 1 unspecified atom stereocenters. The molecule has 2 aromatic carbocycles. The van der Waals surface area contributed by atoms with Gasteiger partial charge in [-0.1, -0.05) is 54.6 Å². The van der Waals surface area contributed by atoms with Crippen LogP contribution in [0.5, 0.6) is 5.88 Å². The van der Waals surface area contributed by atoms with E-state index in [1.807, 2.05) is 12.1 Å². The summed E-state index contributed by atoms with van der Waals surface area (Å²) in [5, 5.41) is 28.6. The van der Waals surface area contributed by atoms with Crippen LogP contribution >= 0.6 is 0 Å². The molecule has 0 saturated heterocycles. The van der Waals surface area contributed by atoms with Crippen molar-refractivity contribution in [2.45, 2.75) is 12.6 Å². The lowest BCUT2D eigenvalue weighted by molar-refractivity contribution is -0.126. The first-order chi connectivity index (χ1) is 12.1. The summed E-state index contributed by atoms with van der Waals surface area (Å²) in [7, 11) is 0. The topological polar surface area (TPSA) is 87.2 Å². The second-order valence-electron chi connectivity index (χ2n) is 5.44. The van der Waals surface area contributed by atoms with Gasteiger partial charge in [0.05, 0.1) is 5.52 Å². The number of amides is 1. The van der Waals surface area contributed by atoms with E-state index in [4.69, 9.17) is 0 Å². The van der Waals surface area contributed by atoms with Crippen LogP contribution in [0.3, 0.4) is 0 Å². The molecule has 1 heterocycles. The van der Waals surface area contributed by atoms with E-state index in [2.05, 4.69) is 16.8 Å². The number of fused-ring (bicyclic) bond motifs is 1. The third kappa shape index (κ3) is 3.20. The summed E-state index contributed by atoms with van der Waals surface area (Å²) in [4.78, 5) is 12.1. The van der Waals surface area contributed by atoms with Crippen LogP contribution in [0.2, 0.25) is 0 Å². The molecule has 0 spiro atoms. The highest BCUT2D eigenvalue weighted by Crippen LogP contribution is 2.38. The zero-order valence-electron chi connectivity index (χ0n) is 13.4. The minimum absolute atomic E-state index is 0.105. The Morgan fingerprint density at radius 1 is 1.16 bits per heavy atom. The van der Waals surface area contributed by atoms with Gasteiger partial charge in [-0.3, -0.25) is 4.79 Å². The van der Waals surface area contributed by atoms with Crippen LogP contribution in [-0.2, 0) is 11.3 Å². The van der Waals surface area contributed by atoms with E-state index < -0.39 is 12.0 Å². The monoisotopic (exact) mass is 335 g/mol. The van der Waals surface area contributed by atoms with Gasteiger partial charge in [-0.15, -0.1) is 16.8 Å². The lowest BCUT2D eigenvalue weighted by atomic mass is 10.1. The Morgan fingerprint density at radius 2 is 1.84 bits per heavy atom. The first-order valence-corrected chi connectivity index (χ1v) is 7.73. The number of aliphatic hydroxyl groups excluding tert-OH is 1. The van der Waals surface area contributed by atoms with Crippen molar-refractivity contribution in [2.75, 3.05) is 0 Å². The van der Waals surface area contributed by atoms with Gasteiger partial charge in [-0.25, -0.2) is 0 Å². The normalized spacial score (nSPS) is 12.5. The van der Waals surface area contributed by atoms with E-state index in [9.17, 15) is 15.0 Å². The maximum Gasteiger partial charge on any atom is 0.297 e. The maximum absolute atomic E-state index is 12.1. The van der Waals surface area contributed by atoms with Crippen molar-refractivity contribution in [3.63, 3.8) is 0 Å². The molecule has 6 nitrogen and oxygen atoms in total. The number of para-hydroxylation sites is 1. The highest BCUT2D eigenvalue weighted by Gasteiger charge is 2.19. The molecule has 0 aliphatic heterocycles. The predicted molar refractivity (Wildman–Crippen MR) is 94.7 cm³/mol. The van der Waals surface area contributed by atoms with Crippen LogP contribution in [0, 0.1) is 0 Å².